The molecule has 2 aromatic rings. The molecule has 1 saturated heterocycles. The largest absolute Gasteiger partial charge is 0.497 e. The van der Waals surface area contributed by atoms with Crippen LogP contribution in [0, 0.1) is 0 Å². The summed E-state index contributed by atoms with van der Waals surface area (Å²) in [6, 6.07) is 5.79. The Balaban J connectivity index is 1.71. The maximum Gasteiger partial charge on any atom is 0.244 e. The van der Waals surface area contributed by atoms with Crippen molar-refractivity contribution in [3.63, 3.8) is 0 Å². The molecule has 3 rings (SSSR count). The Labute approximate surface area is 134 Å². The predicted molar refractivity (Wildman–Crippen MR) is 83.5 cm³/mol. The minimum atomic E-state index is 0.0554. The number of amides is 1. The quantitative estimate of drug-likeness (QED) is 0.832. The highest BCUT2D eigenvalue weighted by molar-refractivity contribution is 5.76. The molecule has 1 aromatic heterocycles. The second-order valence-electron chi connectivity index (χ2n) is 5.53. The highest BCUT2D eigenvalue weighted by Crippen LogP contribution is 2.36. The first-order valence-electron chi connectivity index (χ1n) is 7.53. The van der Waals surface area contributed by atoms with Gasteiger partial charge in [-0.1, -0.05) is 0 Å². The molecule has 0 radical (unpaired) electrons. The Kier molecular flexibility index (Phi) is 4.45. The molecule has 0 spiro atoms. The fourth-order valence-electron chi connectivity index (χ4n) is 2.95. The number of nitrogens with zero attached hydrogens (tertiary/aromatic N) is 4. The van der Waals surface area contributed by atoms with Crippen LogP contribution >= 0.6 is 0 Å². The summed E-state index contributed by atoms with van der Waals surface area (Å²) in [5, 5.41) is 3.98. The molecule has 7 nitrogen and oxygen atoms in total. The summed E-state index contributed by atoms with van der Waals surface area (Å²) in [6.45, 7) is 1.64. The Morgan fingerprint density at radius 2 is 2.22 bits per heavy atom. The van der Waals surface area contributed by atoms with Gasteiger partial charge in [-0.15, -0.1) is 0 Å². The van der Waals surface area contributed by atoms with Crippen molar-refractivity contribution in [2.75, 3.05) is 27.3 Å². The summed E-state index contributed by atoms with van der Waals surface area (Å²) in [5.41, 5.74) is 1.09. The zero-order valence-corrected chi connectivity index (χ0v) is 13.3. The first-order chi connectivity index (χ1) is 11.2. The lowest BCUT2D eigenvalue weighted by Crippen LogP contribution is -2.31. The topological polar surface area (TPSA) is 69.5 Å². The van der Waals surface area contributed by atoms with Gasteiger partial charge < -0.3 is 14.4 Å². The van der Waals surface area contributed by atoms with Gasteiger partial charge in [-0.2, -0.15) is 5.10 Å². The number of ether oxygens (including phenoxy) is 2. The average molecular weight is 316 g/mol. The summed E-state index contributed by atoms with van der Waals surface area (Å²) in [5.74, 6) is 1.94. The van der Waals surface area contributed by atoms with Crippen LogP contribution in [0.1, 0.15) is 17.9 Å². The van der Waals surface area contributed by atoms with Crippen LogP contribution in [-0.4, -0.2) is 52.9 Å². The molecule has 23 heavy (non-hydrogen) atoms. The van der Waals surface area contributed by atoms with Gasteiger partial charge in [-0.3, -0.25) is 4.79 Å². The zero-order valence-electron chi connectivity index (χ0n) is 13.3. The van der Waals surface area contributed by atoms with Gasteiger partial charge in [-0.05, 0) is 24.6 Å². The van der Waals surface area contributed by atoms with E-state index in [4.69, 9.17) is 9.47 Å². The fraction of sp³-hybridized carbons (Fsp3) is 0.438. The maximum absolute atomic E-state index is 12.3. The van der Waals surface area contributed by atoms with Gasteiger partial charge in [-0.25, -0.2) is 9.67 Å². The van der Waals surface area contributed by atoms with Crippen LogP contribution in [-0.2, 0) is 11.3 Å². The smallest absolute Gasteiger partial charge is 0.244 e. The Morgan fingerprint density at radius 1 is 1.35 bits per heavy atom. The van der Waals surface area contributed by atoms with Crippen LogP contribution in [0.25, 0.3) is 0 Å². The molecule has 0 unspecified atom stereocenters. The molecule has 0 saturated carbocycles. The lowest BCUT2D eigenvalue weighted by molar-refractivity contribution is -0.131. The molecular weight excluding hydrogens is 296 g/mol. The van der Waals surface area contributed by atoms with E-state index in [-0.39, 0.29) is 18.4 Å². The minimum Gasteiger partial charge on any atom is -0.497 e. The third-order valence-corrected chi connectivity index (χ3v) is 4.18. The van der Waals surface area contributed by atoms with Crippen LogP contribution in [0.3, 0.4) is 0 Å². The number of hydrogen-bond acceptors (Lipinski definition) is 5. The summed E-state index contributed by atoms with van der Waals surface area (Å²) in [7, 11) is 3.31. The molecule has 0 aliphatic carbocycles. The summed E-state index contributed by atoms with van der Waals surface area (Å²) in [4.78, 5) is 18.1. The maximum atomic E-state index is 12.3. The number of carbonyl (C=O) groups excluding carboxylic acids is 1. The first kappa shape index (κ1) is 15.3. The highest BCUT2D eigenvalue weighted by atomic mass is 16.5. The van der Waals surface area contributed by atoms with Crippen molar-refractivity contribution in [3.05, 3.63) is 36.4 Å². The summed E-state index contributed by atoms with van der Waals surface area (Å²) >= 11 is 0. The summed E-state index contributed by atoms with van der Waals surface area (Å²) in [6.07, 6.45) is 3.89. The van der Waals surface area contributed by atoms with E-state index in [2.05, 4.69) is 10.1 Å². The van der Waals surface area contributed by atoms with Gasteiger partial charge in [0.1, 0.15) is 30.7 Å². The van der Waals surface area contributed by atoms with Crippen LogP contribution in [0.15, 0.2) is 30.9 Å². The molecule has 0 N–H and O–H groups in total. The number of hydrogen-bond donors (Lipinski definition) is 0. The van der Waals surface area contributed by atoms with Crippen LogP contribution in [0.2, 0.25) is 0 Å². The van der Waals surface area contributed by atoms with Crippen molar-refractivity contribution >= 4 is 5.91 Å². The average Bonchev–Trinajstić information content (AvgIpc) is 3.25. The molecule has 1 aliphatic rings. The summed E-state index contributed by atoms with van der Waals surface area (Å²) < 4.78 is 12.3. The molecule has 1 aliphatic heterocycles. The van der Waals surface area contributed by atoms with Gasteiger partial charge in [0, 0.05) is 24.6 Å². The van der Waals surface area contributed by atoms with Gasteiger partial charge >= 0.3 is 0 Å². The van der Waals surface area contributed by atoms with E-state index in [1.54, 1.807) is 25.2 Å². The highest BCUT2D eigenvalue weighted by Gasteiger charge is 2.29. The third kappa shape index (κ3) is 3.28. The zero-order chi connectivity index (χ0) is 16.2. The fourth-order valence-corrected chi connectivity index (χ4v) is 2.95. The number of aromatic nitrogens is 3. The minimum absolute atomic E-state index is 0.0554. The molecule has 7 heteroatoms. The first-order valence-corrected chi connectivity index (χ1v) is 7.53. The number of carbonyl (C=O) groups is 1. The Hall–Kier alpha value is -2.57. The molecular formula is C16H20N4O3. The van der Waals surface area contributed by atoms with Crippen molar-refractivity contribution in [1.29, 1.82) is 0 Å². The van der Waals surface area contributed by atoms with Gasteiger partial charge in [0.15, 0.2) is 0 Å². The van der Waals surface area contributed by atoms with Crippen molar-refractivity contribution in [2.24, 2.45) is 0 Å². The normalized spacial score (nSPS) is 17.3. The number of benzene rings is 1. The molecule has 2 heterocycles. The van der Waals surface area contributed by atoms with Gasteiger partial charge in [0.05, 0.1) is 14.2 Å². The second-order valence-corrected chi connectivity index (χ2v) is 5.53. The lowest BCUT2D eigenvalue weighted by Gasteiger charge is -2.18. The van der Waals surface area contributed by atoms with E-state index in [0.717, 1.165) is 30.0 Å². The van der Waals surface area contributed by atoms with E-state index in [0.29, 0.717) is 6.54 Å². The van der Waals surface area contributed by atoms with E-state index in [1.807, 2.05) is 23.1 Å². The number of likely N-dealkylation sites (tertiary alicyclic amines) is 1. The monoisotopic (exact) mass is 316 g/mol. The Bertz CT molecular complexity index is 672. The van der Waals surface area contributed by atoms with Crippen molar-refractivity contribution in [1.82, 2.24) is 19.7 Å². The molecule has 0 bridgehead atoms. The molecule has 122 valence electrons. The number of methoxy groups -OCH3 is 2. The standard InChI is InChI=1S/C16H20N4O3/c1-22-13-3-4-15(23-2)14(7-13)12-5-6-19(8-12)16(21)9-20-11-17-10-18-20/h3-4,7,10-12H,5-6,8-9H2,1-2H3/t12-/m1/s1. The van der Waals surface area contributed by atoms with Crippen molar-refractivity contribution in [3.8, 4) is 11.5 Å². The molecule has 1 atom stereocenters. The Morgan fingerprint density at radius 3 is 2.91 bits per heavy atom. The predicted octanol–water partition coefficient (Wildman–Crippen LogP) is 1.31. The van der Waals surface area contributed by atoms with E-state index in [1.165, 1.54) is 6.33 Å². The number of rotatable bonds is 5. The molecule has 1 amide bonds. The lowest BCUT2D eigenvalue weighted by atomic mass is 9.97. The molecule has 1 aromatic carbocycles. The van der Waals surface area contributed by atoms with Crippen LogP contribution in [0.5, 0.6) is 11.5 Å². The molecule has 1 fully saturated rings. The van der Waals surface area contributed by atoms with Crippen molar-refractivity contribution < 1.29 is 14.3 Å². The van der Waals surface area contributed by atoms with E-state index in [9.17, 15) is 4.79 Å². The third-order valence-electron chi connectivity index (χ3n) is 4.18. The van der Waals surface area contributed by atoms with Crippen molar-refractivity contribution in [2.45, 2.75) is 18.9 Å². The second kappa shape index (κ2) is 6.68. The van der Waals surface area contributed by atoms with Gasteiger partial charge in [0.25, 0.3) is 0 Å². The van der Waals surface area contributed by atoms with Crippen LogP contribution in [0.4, 0.5) is 0 Å². The van der Waals surface area contributed by atoms with E-state index >= 15 is 0 Å². The SMILES string of the molecule is COc1ccc(OC)c([C@@H]2CCN(C(=O)Cn3cncn3)C2)c1. The van der Waals surface area contributed by atoms with E-state index < -0.39 is 0 Å². The van der Waals surface area contributed by atoms with Crippen LogP contribution < -0.4 is 9.47 Å². The van der Waals surface area contributed by atoms with Gasteiger partial charge in [0.2, 0.25) is 5.91 Å².